The monoisotopic (exact) mass is 260 g/mol. The fourth-order valence-corrected chi connectivity index (χ4v) is 1.97. The number of nitrogen functional groups attached to an aromatic ring is 1. The van der Waals surface area contributed by atoms with E-state index in [1.54, 1.807) is 6.20 Å². The SMILES string of the molecule is CCCc1nc(NN)cc(-n2ccnc2CCC)n1. The normalized spacial score (nSPS) is 10.7. The largest absolute Gasteiger partial charge is 0.308 e. The summed E-state index contributed by atoms with van der Waals surface area (Å²) in [4.78, 5) is 13.3. The van der Waals surface area contributed by atoms with Gasteiger partial charge in [-0.1, -0.05) is 13.8 Å². The molecule has 19 heavy (non-hydrogen) atoms. The van der Waals surface area contributed by atoms with Crippen molar-refractivity contribution in [2.24, 2.45) is 5.84 Å². The van der Waals surface area contributed by atoms with Gasteiger partial charge in [-0.3, -0.25) is 4.57 Å². The Morgan fingerprint density at radius 3 is 2.68 bits per heavy atom. The number of hydrazine groups is 1. The number of hydrogen-bond donors (Lipinski definition) is 2. The zero-order valence-electron chi connectivity index (χ0n) is 11.4. The summed E-state index contributed by atoms with van der Waals surface area (Å²) in [5.74, 6) is 8.71. The second-order valence-corrected chi connectivity index (χ2v) is 4.39. The van der Waals surface area contributed by atoms with Crippen molar-refractivity contribution >= 4 is 5.82 Å². The summed E-state index contributed by atoms with van der Waals surface area (Å²) in [6.45, 7) is 4.24. The molecule has 0 radical (unpaired) electrons. The molecule has 6 heteroatoms. The molecule has 0 aliphatic rings. The van der Waals surface area contributed by atoms with Gasteiger partial charge in [0.1, 0.15) is 23.3 Å². The van der Waals surface area contributed by atoms with E-state index in [4.69, 9.17) is 5.84 Å². The first-order chi connectivity index (χ1) is 9.28. The summed E-state index contributed by atoms with van der Waals surface area (Å²) in [6.07, 6.45) is 7.52. The molecule has 0 amide bonds. The highest BCUT2D eigenvalue weighted by molar-refractivity contribution is 5.41. The van der Waals surface area contributed by atoms with E-state index in [-0.39, 0.29) is 0 Å². The van der Waals surface area contributed by atoms with Crippen molar-refractivity contribution in [3.8, 4) is 5.82 Å². The summed E-state index contributed by atoms with van der Waals surface area (Å²) in [5, 5.41) is 0. The molecule has 6 nitrogen and oxygen atoms in total. The van der Waals surface area contributed by atoms with Gasteiger partial charge in [-0.05, 0) is 12.8 Å². The first-order valence-electron chi connectivity index (χ1n) is 6.65. The molecule has 0 bridgehead atoms. The van der Waals surface area contributed by atoms with Crippen molar-refractivity contribution in [2.75, 3.05) is 5.43 Å². The van der Waals surface area contributed by atoms with Crippen LogP contribution in [0.5, 0.6) is 0 Å². The second kappa shape index (κ2) is 6.29. The van der Waals surface area contributed by atoms with Crippen LogP contribution >= 0.6 is 0 Å². The van der Waals surface area contributed by atoms with Crippen LogP contribution in [0.1, 0.15) is 38.3 Å². The Morgan fingerprint density at radius 2 is 2.00 bits per heavy atom. The lowest BCUT2D eigenvalue weighted by Crippen LogP contribution is -2.13. The topological polar surface area (TPSA) is 81.6 Å². The number of hydrogen-bond acceptors (Lipinski definition) is 5. The van der Waals surface area contributed by atoms with Gasteiger partial charge in [0.25, 0.3) is 0 Å². The van der Waals surface area contributed by atoms with Gasteiger partial charge in [-0.25, -0.2) is 20.8 Å². The highest BCUT2D eigenvalue weighted by Crippen LogP contribution is 2.14. The molecule has 0 atom stereocenters. The Balaban J connectivity index is 2.42. The van der Waals surface area contributed by atoms with Gasteiger partial charge >= 0.3 is 0 Å². The van der Waals surface area contributed by atoms with E-state index >= 15 is 0 Å². The molecular weight excluding hydrogens is 240 g/mol. The molecule has 0 aliphatic heterocycles. The number of anilines is 1. The van der Waals surface area contributed by atoms with Crippen LogP contribution in [-0.2, 0) is 12.8 Å². The van der Waals surface area contributed by atoms with Crippen LogP contribution in [-0.4, -0.2) is 19.5 Å². The van der Waals surface area contributed by atoms with E-state index in [0.717, 1.165) is 43.1 Å². The maximum atomic E-state index is 5.47. The van der Waals surface area contributed by atoms with Crippen molar-refractivity contribution in [2.45, 2.75) is 39.5 Å². The van der Waals surface area contributed by atoms with E-state index in [9.17, 15) is 0 Å². The van der Waals surface area contributed by atoms with Crippen LogP contribution in [0.4, 0.5) is 5.82 Å². The zero-order valence-corrected chi connectivity index (χ0v) is 11.4. The molecule has 3 N–H and O–H groups in total. The second-order valence-electron chi connectivity index (χ2n) is 4.39. The molecule has 0 aromatic carbocycles. The first-order valence-corrected chi connectivity index (χ1v) is 6.65. The number of aryl methyl sites for hydroxylation is 2. The number of aromatic nitrogens is 4. The molecule has 2 rings (SSSR count). The quantitative estimate of drug-likeness (QED) is 0.612. The van der Waals surface area contributed by atoms with Crippen molar-refractivity contribution in [3.05, 3.63) is 30.1 Å². The molecule has 0 saturated carbocycles. The van der Waals surface area contributed by atoms with Crippen LogP contribution in [0.25, 0.3) is 5.82 Å². The van der Waals surface area contributed by atoms with E-state index in [0.29, 0.717) is 5.82 Å². The number of nitrogens with one attached hydrogen (secondary N) is 1. The lowest BCUT2D eigenvalue weighted by atomic mass is 10.3. The van der Waals surface area contributed by atoms with Crippen molar-refractivity contribution < 1.29 is 0 Å². The summed E-state index contributed by atoms with van der Waals surface area (Å²) < 4.78 is 1.99. The van der Waals surface area contributed by atoms with Gasteiger partial charge in [0.15, 0.2) is 0 Å². The number of nitrogens with zero attached hydrogens (tertiary/aromatic N) is 4. The average molecular weight is 260 g/mol. The smallest absolute Gasteiger partial charge is 0.145 e. The minimum absolute atomic E-state index is 0.629. The molecule has 102 valence electrons. The first kappa shape index (κ1) is 13.5. The Bertz CT molecular complexity index is 534. The molecule has 2 aromatic heterocycles. The number of imidazole rings is 1. The maximum Gasteiger partial charge on any atom is 0.145 e. The van der Waals surface area contributed by atoms with Crippen LogP contribution in [0.2, 0.25) is 0 Å². The molecular formula is C13H20N6. The predicted octanol–water partition coefficient (Wildman–Crippen LogP) is 1.85. The summed E-state index contributed by atoms with van der Waals surface area (Å²) in [7, 11) is 0. The van der Waals surface area contributed by atoms with Gasteiger partial charge < -0.3 is 5.43 Å². The summed E-state index contributed by atoms with van der Waals surface area (Å²) in [6, 6.07) is 1.83. The van der Waals surface area contributed by atoms with Crippen molar-refractivity contribution in [1.82, 2.24) is 19.5 Å². The van der Waals surface area contributed by atoms with E-state index in [2.05, 4.69) is 34.2 Å². The fraction of sp³-hybridized carbons (Fsp3) is 0.462. The lowest BCUT2D eigenvalue weighted by molar-refractivity contribution is 0.775. The third-order valence-electron chi connectivity index (χ3n) is 2.82. The highest BCUT2D eigenvalue weighted by Gasteiger charge is 2.09. The molecule has 2 heterocycles. The standard InChI is InChI=1S/C13H20N6/c1-3-5-10-16-11(18-14)9-13(17-10)19-8-7-15-12(19)6-4-2/h7-9H,3-6,14H2,1-2H3,(H,16,17,18). The Labute approximate surface area is 113 Å². The Morgan fingerprint density at radius 1 is 1.21 bits per heavy atom. The van der Waals surface area contributed by atoms with E-state index in [1.807, 2.05) is 16.8 Å². The molecule has 0 aliphatic carbocycles. The zero-order chi connectivity index (χ0) is 13.7. The fourth-order valence-electron chi connectivity index (χ4n) is 1.97. The molecule has 0 saturated heterocycles. The minimum atomic E-state index is 0.629. The molecule has 0 unspecified atom stereocenters. The highest BCUT2D eigenvalue weighted by atomic mass is 15.3. The minimum Gasteiger partial charge on any atom is -0.308 e. The number of nitrogens with two attached hydrogens (primary N) is 1. The van der Waals surface area contributed by atoms with E-state index in [1.165, 1.54) is 0 Å². The third kappa shape index (κ3) is 3.08. The van der Waals surface area contributed by atoms with Gasteiger partial charge in [0.2, 0.25) is 0 Å². The molecule has 0 spiro atoms. The Hall–Kier alpha value is -1.95. The summed E-state index contributed by atoms with van der Waals surface area (Å²) in [5.41, 5.74) is 2.59. The number of rotatable bonds is 6. The van der Waals surface area contributed by atoms with Crippen LogP contribution < -0.4 is 11.3 Å². The predicted molar refractivity (Wildman–Crippen MR) is 75.0 cm³/mol. The maximum absolute atomic E-state index is 5.47. The van der Waals surface area contributed by atoms with Gasteiger partial charge in [-0.2, -0.15) is 0 Å². The van der Waals surface area contributed by atoms with Gasteiger partial charge in [-0.15, -0.1) is 0 Å². The molecule has 2 aromatic rings. The van der Waals surface area contributed by atoms with Crippen molar-refractivity contribution in [3.63, 3.8) is 0 Å². The van der Waals surface area contributed by atoms with Gasteiger partial charge in [0, 0.05) is 31.3 Å². The average Bonchev–Trinajstić information content (AvgIpc) is 2.87. The van der Waals surface area contributed by atoms with Crippen LogP contribution in [0.15, 0.2) is 18.5 Å². The van der Waals surface area contributed by atoms with E-state index < -0.39 is 0 Å². The van der Waals surface area contributed by atoms with Crippen LogP contribution in [0, 0.1) is 0 Å². The van der Waals surface area contributed by atoms with Crippen molar-refractivity contribution in [1.29, 1.82) is 0 Å². The lowest BCUT2D eigenvalue weighted by Gasteiger charge is -2.10. The van der Waals surface area contributed by atoms with Crippen LogP contribution in [0.3, 0.4) is 0 Å². The Kier molecular flexibility index (Phi) is 4.46. The summed E-state index contributed by atoms with van der Waals surface area (Å²) >= 11 is 0. The third-order valence-corrected chi connectivity index (χ3v) is 2.82. The molecule has 0 fully saturated rings. The van der Waals surface area contributed by atoms with Gasteiger partial charge in [0.05, 0.1) is 0 Å².